The fourth-order valence-electron chi connectivity index (χ4n) is 4.03. The van der Waals surface area contributed by atoms with Crippen LogP contribution >= 0.6 is 0 Å². The van der Waals surface area contributed by atoms with Crippen molar-refractivity contribution >= 4 is 0 Å². The monoisotopic (exact) mass is 462 g/mol. The van der Waals surface area contributed by atoms with E-state index in [0.717, 1.165) is 30.6 Å². The lowest BCUT2D eigenvalue weighted by molar-refractivity contribution is -0.253. The standard InChI is InChI=1S/C29H34O5/c1-30-26-14-12-25(13-15-26)29-33-27(16-18-31-21-23-8-4-2-5-9-23)20-28(34-29)17-19-32-22-24-10-6-3-7-11-24/h2-15,27-29H,16-22H2,1H3/t27-,28+,29?. The van der Waals surface area contributed by atoms with Crippen LogP contribution in [0.25, 0.3) is 0 Å². The Morgan fingerprint density at radius 3 is 1.65 bits per heavy atom. The molecule has 1 heterocycles. The Morgan fingerprint density at radius 2 is 1.18 bits per heavy atom. The molecule has 0 aromatic heterocycles. The average Bonchev–Trinajstić information content (AvgIpc) is 2.90. The topological polar surface area (TPSA) is 46.2 Å². The highest BCUT2D eigenvalue weighted by Crippen LogP contribution is 2.33. The van der Waals surface area contributed by atoms with E-state index in [4.69, 9.17) is 23.7 Å². The molecule has 0 N–H and O–H groups in total. The molecule has 0 bridgehead atoms. The fourth-order valence-corrected chi connectivity index (χ4v) is 4.03. The Bertz CT molecular complexity index is 890. The first kappa shape index (κ1) is 24.4. The van der Waals surface area contributed by atoms with Gasteiger partial charge in [0.15, 0.2) is 6.29 Å². The fraction of sp³-hybridized carbons (Fsp3) is 0.379. The Labute approximate surface area is 202 Å². The van der Waals surface area contributed by atoms with Gasteiger partial charge in [-0.15, -0.1) is 0 Å². The SMILES string of the molecule is COc1ccc(C2O[C@H](CCOCc3ccccc3)C[C@H](CCOCc3ccccc3)O2)cc1. The molecule has 1 fully saturated rings. The molecule has 3 atom stereocenters. The average molecular weight is 463 g/mol. The van der Waals surface area contributed by atoms with Crippen LogP contribution in [-0.2, 0) is 32.2 Å². The molecule has 0 saturated carbocycles. The summed E-state index contributed by atoms with van der Waals surface area (Å²) in [6.45, 7) is 2.52. The van der Waals surface area contributed by atoms with Gasteiger partial charge in [0.1, 0.15) is 5.75 Å². The summed E-state index contributed by atoms with van der Waals surface area (Å²) < 4.78 is 29.8. The third-order valence-electron chi connectivity index (χ3n) is 5.94. The first-order chi connectivity index (χ1) is 16.8. The van der Waals surface area contributed by atoms with E-state index in [1.54, 1.807) is 7.11 Å². The van der Waals surface area contributed by atoms with Crippen LogP contribution in [0.2, 0.25) is 0 Å². The molecule has 5 heteroatoms. The van der Waals surface area contributed by atoms with Crippen LogP contribution in [0.1, 0.15) is 42.2 Å². The van der Waals surface area contributed by atoms with Crippen LogP contribution in [0.5, 0.6) is 5.75 Å². The molecule has 3 aromatic rings. The second-order valence-corrected chi connectivity index (χ2v) is 8.51. The first-order valence-electron chi connectivity index (χ1n) is 12.0. The van der Waals surface area contributed by atoms with Crippen molar-refractivity contribution in [1.82, 2.24) is 0 Å². The first-order valence-corrected chi connectivity index (χ1v) is 12.0. The molecule has 1 aliphatic rings. The van der Waals surface area contributed by atoms with E-state index in [2.05, 4.69) is 24.3 Å². The normalized spacial score (nSPS) is 20.2. The molecule has 1 aliphatic heterocycles. The van der Waals surface area contributed by atoms with Gasteiger partial charge in [-0.2, -0.15) is 0 Å². The maximum absolute atomic E-state index is 6.32. The molecule has 34 heavy (non-hydrogen) atoms. The third-order valence-corrected chi connectivity index (χ3v) is 5.94. The number of rotatable bonds is 12. The zero-order chi connectivity index (χ0) is 23.4. The van der Waals surface area contributed by atoms with Crippen LogP contribution in [0.4, 0.5) is 0 Å². The van der Waals surface area contributed by atoms with E-state index in [1.807, 2.05) is 60.7 Å². The molecule has 0 aliphatic carbocycles. The molecule has 0 amide bonds. The number of methoxy groups -OCH3 is 1. The van der Waals surface area contributed by atoms with Crippen LogP contribution in [-0.4, -0.2) is 32.5 Å². The highest BCUT2D eigenvalue weighted by atomic mass is 16.7. The van der Waals surface area contributed by atoms with Crippen molar-refractivity contribution in [2.24, 2.45) is 0 Å². The van der Waals surface area contributed by atoms with Crippen molar-refractivity contribution in [3.8, 4) is 5.75 Å². The van der Waals surface area contributed by atoms with E-state index in [1.165, 1.54) is 11.1 Å². The van der Waals surface area contributed by atoms with Gasteiger partial charge in [-0.1, -0.05) is 72.8 Å². The van der Waals surface area contributed by atoms with E-state index >= 15 is 0 Å². The van der Waals surface area contributed by atoms with E-state index in [9.17, 15) is 0 Å². The van der Waals surface area contributed by atoms with Gasteiger partial charge in [0, 0.05) is 25.2 Å². The lowest BCUT2D eigenvalue weighted by atomic mass is 10.0. The molecule has 5 nitrogen and oxygen atoms in total. The molecule has 0 spiro atoms. The minimum Gasteiger partial charge on any atom is -0.497 e. The minimum absolute atomic E-state index is 0.0655. The predicted molar refractivity (Wildman–Crippen MR) is 132 cm³/mol. The van der Waals surface area contributed by atoms with E-state index in [0.29, 0.717) is 26.4 Å². The number of benzene rings is 3. The van der Waals surface area contributed by atoms with Crippen molar-refractivity contribution in [2.45, 2.75) is 51.0 Å². The summed E-state index contributed by atoms with van der Waals surface area (Å²) in [6, 6.07) is 28.4. The molecule has 0 radical (unpaired) electrons. The van der Waals surface area contributed by atoms with Crippen molar-refractivity contribution in [1.29, 1.82) is 0 Å². The largest absolute Gasteiger partial charge is 0.497 e. The molecule has 4 rings (SSSR count). The number of hydrogen-bond donors (Lipinski definition) is 0. The highest BCUT2D eigenvalue weighted by Gasteiger charge is 2.31. The molecule has 3 aromatic carbocycles. The summed E-state index contributed by atoms with van der Waals surface area (Å²) in [5.74, 6) is 0.816. The van der Waals surface area contributed by atoms with Crippen LogP contribution in [0.3, 0.4) is 0 Å². The summed E-state index contributed by atoms with van der Waals surface area (Å²) in [4.78, 5) is 0. The van der Waals surface area contributed by atoms with Crippen molar-refractivity contribution in [3.63, 3.8) is 0 Å². The zero-order valence-corrected chi connectivity index (χ0v) is 19.8. The van der Waals surface area contributed by atoms with Crippen LogP contribution in [0.15, 0.2) is 84.9 Å². The lowest BCUT2D eigenvalue weighted by Gasteiger charge is -2.36. The summed E-state index contributed by atoms with van der Waals surface area (Å²) in [6.07, 6.45) is 2.20. The quantitative estimate of drug-likeness (QED) is 0.305. The summed E-state index contributed by atoms with van der Waals surface area (Å²) >= 11 is 0. The van der Waals surface area contributed by atoms with Crippen molar-refractivity contribution in [2.75, 3.05) is 20.3 Å². The number of ether oxygens (including phenoxy) is 5. The smallest absolute Gasteiger partial charge is 0.184 e. The molecular weight excluding hydrogens is 428 g/mol. The maximum Gasteiger partial charge on any atom is 0.184 e. The van der Waals surface area contributed by atoms with Crippen molar-refractivity contribution < 1.29 is 23.7 Å². The molecule has 180 valence electrons. The Morgan fingerprint density at radius 1 is 0.676 bits per heavy atom. The molecule has 1 saturated heterocycles. The molecule has 1 unspecified atom stereocenters. The summed E-state index contributed by atoms with van der Waals surface area (Å²) in [7, 11) is 1.67. The lowest BCUT2D eigenvalue weighted by Crippen LogP contribution is -2.35. The van der Waals surface area contributed by atoms with Gasteiger partial charge in [0.2, 0.25) is 0 Å². The number of hydrogen-bond acceptors (Lipinski definition) is 5. The summed E-state index contributed by atoms with van der Waals surface area (Å²) in [5.41, 5.74) is 3.35. The van der Waals surface area contributed by atoms with Gasteiger partial charge in [0.25, 0.3) is 0 Å². The zero-order valence-electron chi connectivity index (χ0n) is 19.8. The second kappa shape index (κ2) is 13.3. The van der Waals surface area contributed by atoms with Crippen molar-refractivity contribution in [3.05, 3.63) is 102 Å². The second-order valence-electron chi connectivity index (χ2n) is 8.51. The minimum atomic E-state index is -0.405. The van der Waals surface area contributed by atoms with Gasteiger partial charge in [-0.05, 0) is 36.1 Å². The van der Waals surface area contributed by atoms with Gasteiger partial charge >= 0.3 is 0 Å². The third kappa shape index (κ3) is 7.67. The summed E-state index contributed by atoms with van der Waals surface area (Å²) in [5, 5.41) is 0. The van der Waals surface area contributed by atoms with Gasteiger partial charge < -0.3 is 23.7 Å². The Balaban J connectivity index is 1.29. The van der Waals surface area contributed by atoms with Gasteiger partial charge in [-0.3, -0.25) is 0 Å². The van der Waals surface area contributed by atoms with E-state index < -0.39 is 6.29 Å². The molecular formula is C29H34O5. The van der Waals surface area contributed by atoms with Gasteiger partial charge in [0.05, 0.1) is 32.5 Å². The van der Waals surface area contributed by atoms with Crippen LogP contribution in [0, 0.1) is 0 Å². The Kier molecular flexibility index (Phi) is 9.52. The maximum atomic E-state index is 6.32. The Hall–Kier alpha value is -2.70. The highest BCUT2D eigenvalue weighted by molar-refractivity contribution is 5.28. The van der Waals surface area contributed by atoms with E-state index in [-0.39, 0.29) is 12.2 Å². The predicted octanol–water partition coefficient (Wildman–Crippen LogP) is 6.08. The van der Waals surface area contributed by atoms with Gasteiger partial charge in [-0.25, -0.2) is 0 Å². The van der Waals surface area contributed by atoms with Crippen LogP contribution < -0.4 is 4.74 Å².